The smallest absolute Gasteiger partial charge is 0.248 e. The average Bonchev–Trinajstić information content (AvgIpc) is 3.23. The molecule has 2 aromatic carbocycles. The predicted molar refractivity (Wildman–Crippen MR) is 120 cm³/mol. The lowest BCUT2D eigenvalue weighted by molar-refractivity contribution is 0.1000. The van der Waals surface area contributed by atoms with Crippen molar-refractivity contribution >= 4 is 46.2 Å². The van der Waals surface area contributed by atoms with Gasteiger partial charge in [-0.3, -0.25) is 9.59 Å². The minimum absolute atomic E-state index is 0.390. The number of rotatable bonds is 8. The van der Waals surface area contributed by atoms with E-state index >= 15 is 0 Å². The van der Waals surface area contributed by atoms with Crippen LogP contribution in [0.3, 0.4) is 0 Å². The molecule has 10 nitrogen and oxygen atoms in total. The van der Waals surface area contributed by atoms with Gasteiger partial charge in [-0.25, -0.2) is 9.97 Å². The maximum absolute atomic E-state index is 11.4. The Morgan fingerprint density at radius 2 is 1.52 bits per heavy atom. The molecule has 10 heteroatoms. The van der Waals surface area contributed by atoms with E-state index in [1.807, 2.05) is 28.3 Å². The molecule has 6 N–H and O–H groups in total. The van der Waals surface area contributed by atoms with E-state index in [0.717, 1.165) is 30.4 Å². The number of carbonyl (C=O) groups is 2. The number of primary amides is 1. The molecule has 0 aliphatic heterocycles. The van der Waals surface area contributed by atoms with Crippen LogP contribution in [0.5, 0.6) is 0 Å². The van der Waals surface area contributed by atoms with Gasteiger partial charge < -0.3 is 31.2 Å². The Kier molecular flexibility index (Phi) is 5.30. The van der Waals surface area contributed by atoms with Gasteiger partial charge in [0.2, 0.25) is 17.8 Å². The number of nitrogens with two attached hydrogens (primary N) is 3. The molecule has 2 aromatic heterocycles. The monoisotopic (exact) mass is 420 g/mol. The quantitative estimate of drug-likeness (QED) is 0.361. The summed E-state index contributed by atoms with van der Waals surface area (Å²) in [6.07, 6.45) is 0.794. The third-order valence-electron chi connectivity index (χ3n) is 5.41. The molecule has 160 valence electrons. The first-order chi connectivity index (χ1) is 14.9. The fraction of sp³-hybridized carbons (Fsp3) is 0.238. The van der Waals surface area contributed by atoms with E-state index in [1.165, 1.54) is 0 Å². The zero-order valence-corrected chi connectivity index (χ0v) is 17.2. The SMILES string of the molecule is CN(CCn1c(N)nc2cc(C=O)ccc21)CCn1c(N)nc2cc(C(N)=O)ccc21. The summed E-state index contributed by atoms with van der Waals surface area (Å²) in [6, 6.07) is 10.5. The van der Waals surface area contributed by atoms with Gasteiger partial charge in [0.1, 0.15) is 6.29 Å². The van der Waals surface area contributed by atoms with E-state index in [9.17, 15) is 9.59 Å². The zero-order chi connectivity index (χ0) is 22.1. The summed E-state index contributed by atoms with van der Waals surface area (Å²) in [5.41, 5.74) is 21.6. The van der Waals surface area contributed by atoms with Gasteiger partial charge >= 0.3 is 0 Å². The first-order valence-corrected chi connectivity index (χ1v) is 9.82. The predicted octanol–water partition coefficient (Wildman–Crippen LogP) is 1.09. The highest BCUT2D eigenvalue weighted by atomic mass is 16.1. The lowest BCUT2D eigenvalue weighted by atomic mass is 10.2. The Labute approximate surface area is 178 Å². The largest absolute Gasteiger partial charge is 0.369 e. The Morgan fingerprint density at radius 3 is 2.06 bits per heavy atom. The molecule has 0 saturated carbocycles. The minimum Gasteiger partial charge on any atom is -0.369 e. The number of hydrogen-bond donors (Lipinski definition) is 3. The summed E-state index contributed by atoms with van der Waals surface area (Å²) in [7, 11) is 2.01. The number of anilines is 2. The Balaban J connectivity index is 1.43. The standard InChI is InChI=1S/C21H24N8O2/c1-27(6-8-28-17-4-2-13(12-30)10-15(17)25-20(28)23)7-9-29-18-5-3-14(19(22)31)11-16(18)26-21(29)24/h2-5,10-12H,6-9H2,1H3,(H2,22,31)(H2,23,25)(H2,24,26). The molecule has 0 aliphatic rings. The van der Waals surface area contributed by atoms with Gasteiger partial charge in [0.15, 0.2) is 0 Å². The van der Waals surface area contributed by atoms with Gasteiger partial charge in [-0.15, -0.1) is 0 Å². The second-order valence-corrected chi connectivity index (χ2v) is 7.48. The number of benzene rings is 2. The fourth-order valence-corrected chi connectivity index (χ4v) is 3.66. The summed E-state index contributed by atoms with van der Waals surface area (Å²) in [4.78, 5) is 33.2. The van der Waals surface area contributed by atoms with E-state index in [-0.39, 0.29) is 0 Å². The molecule has 0 spiro atoms. The second-order valence-electron chi connectivity index (χ2n) is 7.48. The number of likely N-dealkylation sites (N-methyl/N-ethyl adjacent to an activating group) is 1. The molecule has 31 heavy (non-hydrogen) atoms. The van der Waals surface area contributed by atoms with Gasteiger partial charge in [-0.05, 0) is 43.4 Å². The summed E-state index contributed by atoms with van der Waals surface area (Å²) in [5, 5.41) is 0. The van der Waals surface area contributed by atoms with Crippen LogP contribution >= 0.6 is 0 Å². The molecule has 2 heterocycles. The van der Waals surface area contributed by atoms with E-state index < -0.39 is 5.91 Å². The van der Waals surface area contributed by atoms with Crippen molar-refractivity contribution in [1.29, 1.82) is 0 Å². The molecule has 0 radical (unpaired) electrons. The van der Waals surface area contributed by atoms with Crippen LogP contribution in [0.1, 0.15) is 20.7 Å². The molecule has 0 atom stereocenters. The number of nitrogens with zero attached hydrogens (tertiary/aromatic N) is 5. The molecule has 0 bridgehead atoms. The van der Waals surface area contributed by atoms with E-state index in [0.29, 0.717) is 47.1 Å². The lowest BCUT2D eigenvalue weighted by Gasteiger charge is -2.18. The third kappa shape index (κ3) is 3.92. The number of aromatic nitrogens is 4. The number of nitrogen functional groups attached to an aromatic ring is 2. The van der Waals surface area contributed by atoms with Gasteiger partial charge in [-0.1, -0.05) is 0 Å². The van der Waals surface area contributed by atoms with E-state index in [2.05, 4.69) is 14.9 Å². The maximum Gasteiger partial charge on any atom is 0.248 e. The summed E-state index contributed by atoms with van der Waals surface area (Å²) in [5.74, 6) is 0.311. The lowest BCUT2D eigenvalue weighted by Crippen LogP contribution is -2.27. The number of carbonyl (C=O) groups excluding carboxylic acids is 2. The minimum atomic E-state index is -0.497. The van der Waals surface area contributed by atoms with Crippen molar-refractivity contribution in [3.05, 3.63) is 47.5 Å². The van der Waals surface area contributed by atoms with Gasteiger partial charge in [-0.2, -0.15) is 0 Å². The molecular formula is C21H24N8O2. The van der Waals surface area contributed by atoms with Crippen molar-refractivity contribution in [2.75, 3.05) is 31.6 Å². The Morgan fingerprint density at radius 1 is 0.968 bits per heavy atom. The Hall–Kier alpha value is -3.92. The number of imidazole rings is 2. The first-order valence-electron chi connectivity index (χ1n) is 9.82. The van der Waals surface area contributed by atoms with Crippen LogP contribution in [0.25, 0.3) is 22.1 Å². The summed E-state index contributed by atoms with van der Waals surface area (Å²) in [6.45, 7) is 2.76. The maximum atomic E-state index is 11.4. The molecule has 0 unspecified atom stereocenters. The van der Waals surface area contributed by atoms with Crippen LogP contribution in [-0.2, 0) is 13.1 Å². The van der Waals surface area contributed by atoms with Crippen LogP contribution in [0.15, 0.2) is 36.4 Å². The Bertz CT molecular complexity index is 1290. The first kappa shape index (κ1) is 20.4. The molecule has 4 rings (SSSR count). The van der Waals surface area contributed by atoms with Gasteiger partial charge in [0.25, 0.3) is 0 Å². The number of fused-ring (bicyclic) bond motifs is 2. The van der Waals surface area contributed by atoms with Crippen molar-refractivity contribution in [2.45, 2.75) is 13.1 Å². The van der Waals surface area contributed by atoms with Crippen molar-refractivity contribution in [3.8, 4) is 0 Å². The topological polar surface area (TPSA) is 151 Å². The van der Waals surface area contributed by atoms with Crippen molar-refractivity contribution in [2.24, 2.45) is 5.73 Å². The molecule has 4 aromatic rings. The summed E-state index contributed by atoms with van der Waals surface area (Å²) < 4.78 is 3.85. The van der Waals surface area contributed by atoms with Crippen LogP contribution in [-0.4, -0.2) is 56.3 Å². The highest BCUT2D eigenvalue weighted by Crippen LogP contribution is 2.20. The zero-order valence-electron chi connectivity index (χ0n) is 17.2. The van der Waals surface area contributed by atoms with Crippen LogP contribution in [0.2, 0.25) is 0 Å². The van der Waals surface area contributed by atoms with E-state index in [1.54, 1.807) is 24.3 Å². The molecule has 0 saturated heterocycles. The molecule has 1 amide bonds. The van der Waals surface area contributed by atoms with Gasteiger partial charge in [0.05, 0.1) is 22.1 Å². The van der Waals surface area contributed by atoms with E-state index in [4.69, 9.17) is 17.2 Å². The van der Waals surface area contributed by atoms with Gasteiger partial charge in [0, 0.05) is 37.3 Å². The third-order valence-corrected chi connectivity index (χ3v) is 5.41. The molecule has 0 fully saturated rings. The van der Waals surface area contributed by atoms with Crippen LogP contribution in [0.4, 0.5) is 11.9 Å². The normalized spacial score (nSPS) is 11.5. The fourth-order valence-electron chi connectivity index (χ4n) is 3.66. The molecular weight excluding hydrogens is 396 g/mol. The highest BCUT2D eigenvalue weighted by molar-refractivity contribution is 5.96. The summed E-state index contributed by atoms with van der Waals surface area (Å²) >= 11 is 0. The molecule has 0 aliphatic carbocycles. The van der Waals surface area contributed by atoms with Crippen LogP contribution in [0, 0.1) is 0 Å². The number of hydrogen-bond acceptors (Lipinski definition) is 7. The highest BCUT2D eigenvalue weighted by Gasteiger charge is 2.13. The number of aldehydes is 1. The number of amides is 1. The van der Waals surface area contributed by atoms with Crippen molar-refractivity contribution < 1.29 is 9.59 Å². The van der Waals surface area contributed by atoms with Crippen molar-refractivity contribution in [3.63, 3.8) is 0 Å². The van der Waals surface area contributed by atoms with Crippen LogP contribution < -0.4 is 17.2 Å². The van der Waals surface area contributed by atoms with Crippen molar-refractivity contribution in [1.82, 2.24) is 24.0 Å². The average molecular weight is 420 g/mol. The second kappa shape index (κ2) is 8.07.